The van der Waals surface area contributed by atoms with E-state index in [9.17, 15) is 9.90 Å². The number of aliphatic hydroxyl groups excluding tert-OH is 2. The SMILES string of the molecule is CC.CC.CCO.Cc1ccc(/C=C2/C(=O)C3(C)CCC2C3(C)C)cc1.Cc1ccc(/C=C2\C3CCC(C)(C2O)C3(C)C)cc1.[BH4-].[Na+]. The summed E-state index contributed by atoms with van der Waals surface area (Å²) >= 11 is 0. The summed E-state index contributed by atoms with van der Waals surface area (Å²) < 4.78 is 0. The van der Waals surface area contributed by atoms with Crippen LogP contribution in [-0.4, -0.2) is 37.1 Å². The van der Waals surface area contributed by atoms with E-state index in [0.717, 1.165) is 30.4 Å². The number of benzene rings is 2. The Morgan fingerprint density at radius 1 is 0.723 bits per heavy atom. The van der Waals surface area contributed by atoms with Crippen LogP contribution < -0.4 is 29.6 Å². The van der Waals surface area contributed by atoms with Crippen molar-refractivity contribution in [3.05, 3.63) is 81.9 Å². The van der Waals surface area contributed by atoms with Crippen molar-refractivity contribution < 1.29 is 44.6 Å². The van der Waals surface area contributed by atoms with Crippen molar-refractivity contribution in [1.29, 1.82) is 0 Å². The Hall–Kier alpha value is -1.43. The van der Waals surface area contributed by atoms with Gasteiger partial charge in [0.1, 0.15) is 0 Å². The summed E-state index contributed by atoms with van der Waals surface area (Å²) in [6.07, 6.45) is 8.65. The maximum atomic E-state index is 12.7. The summed E-state index contributed by atoms with van der Waals surface area (Å²) in [5.74, 6) is 1.36. The zero-order valence-electron chi connectivity index (χ0n) is 31.8. The van der Waals surface area contributed by atoms with Gasteiger partial charge in [-0.15, -0.1) is 0 Å². The van der Waals surface area contributed by atoms with Crippen LogP contribution in [0.2, 0.25) is 0 Å². The first-order chi connectivity index (χ1) is 21.1. The number of hydrogen-bond donors (Lipinski definition) is 2. The van der Waals surface area contributed by atoms with Gasteiger partial charge >= 0.3 is 29.6 Å². The van der Waals surface area contributed by atoms with Crippen molar-refractivity contribution in [2.45, 2.75) is 122 Å². The minimum Gasteiger partial charge on any atom is -0.397 e. The molecule has 5 atom stereocenters. The molecule has 4 fully saturated rings. The van der Waals surface area contributed by atoms with Gasteiger partial charge in [-0.25, -0.2) is 0 Å². The van der Waals surface area contributed by atoms with E-state index in [1.54, 1.807) is 6.92 Å². The molecule has 4 aliphatic carbocycles. The van der Waals surface area contributed by atoms with E-state index in [0.29, 0.717) is 17.6 Å². The zero-order valence-corrected chi connectivity index (χ0v) is 33.8. The van der Waals surface area contributed by atoms with Gasteiger partial charge in [0.2, 0.25) is 0 Å². The van der Waals surface area contributed by atoms with E-state index in [-0.39, 0.29) is 72.3 Å². The molecule has 2 N–H and O–H groups in total. The Kier molecular flexibility index (Phi) is 18.0. The molecule has 0 aromatic heterocycles. The van der Waals surface area contributed by atoms with Crippen LogP contribution in [0.15, 0.2) is 59.7 Å². The number of ketones is 1. The van der Waals surface area contributed by atoms with Crippen LogP contribution in [0.1, 0.15) is 124 Å². The molecule has 47 heavy (non-hydrogen) atoms. The minimum atomic E-state index is -0.275. The van der Waals surface area contributed by atoms with E-state index in [1.807, 2.05) is 27.7 Å². The van der Waals surface area contributed by atoms with Crippen LogP contribution >= 0.6 is 0 Å². The van der Waals surface area contributed by atoms with E-state index in [2.05, 4.69) is 116 Å². The fraction of sp³-hybridized carbons (Fsp3) is 0.595. The topological polar surface area (TPSA) is 57.5 Å². The summed E-state index contributed by atoms with van der Waals surface area (Å²) in [4.78, 5) is 12.7. The number of rotatable bonds is 2. The van der Waals surface area contributed by atoms with Crippen molar-refractivity contribution in [1.82, 2.24) is 0 Å². The van der Waals surface area contributed by atoms with Gasteiger partial charge in [0, 0.05) is 17.4 Å². The minimum absolute atomic E-state index is 0. The number of carbonyl (C=O) groups excluding carboxylic acids is 1. The van der Waals surface area contributed by atoms with E-state index in [1.165, 1.54) is 28.7 Å². The van der Waals surface area contributed by atoms with Crippen LogP contribution in [0.25, 0.3) is 12.2 Å². The first-order valence-corrected chi connectivity index (χ1v) is 17.5. The Labute approximate surface area is 313 Å². The van der Waals surface area contributed by atoms with Crippen molar-refractivity contribution in [3.8, 4) is 0 Å². The Balaban J connectivity index is 0.000000731. The zero-order chi connectivity index (χ0) is 34.4. The summed E-state index contributed by atoms with van der Waals surface area (Å²) in [6.45, 7) is 27.7. The monoisotopic (exact) mass is 655 g/mol. The molecule has 4 aliphatic rings. The predicted molar refractivity (Wildman–Crippen MR) is 205 cm³/mol. The van der Waals surface area contributed by atoms with Crippen molar-refractivity contribution in [3.63, 3.8) is 0 Å². The molecule has 5 heteroatoms. The molecule has 2 aromatic carbocycles. The van der Waals surface area contributed by atoms with Crippen molar-refractivity contribution >= 4 is 26.3 Å². The van der Waals surface area contributed by atoms with Gasteiger partial charge in [0.15, 0.2) is 5.78 Å². The second-order valence-electron chi connectivity index (χ2n) is 14.5. The smallest absolute Gasteiger partial charge is 0.397 e. The van der Waals surface area contributed by atoms with Gasteiger partial charge in [-0.3, -0.25) is 4.79 Å². The predicted octanol–water partition coefficient (Wildman–Crippen LogP) is 6.20. The van der Waals surface area contributed by atoms with Crippen LogP contribution in [0.3, 0.4) is 0 Å². The van der Waals surface area contributed by atoms with Gasteiger partial charge in [0.05, 0.1) is 6.10 Å². The molecule has 0 saturated heterocycles. The number of fused-ring (bicyclic) bond motifs is 4. The van der Waals surface area contributed by atoms with Gasteiger partial charge in [-0.2, -0.15) is 0 Å². The maximum Gasteiger partial charge on any atom is 1.00 e. The molecule has 6 rings (SSSR count). The number of aryl methyl sites for hydroxylation is 2. The normalized spacial score (nSPS) is 29.9. The summed E-state index contributed by atoms with van der Waals surface area (Å²) in [6, 6.07) is 17.0. The maximum absolute atomic E-state index is 12.7. The number of aliphatic hydroxyl groups is 2. The van der Waals surface area contributed by atoms with Gasteiger partial charge in [0.25, 0.3) is 0 Å². The molecule has 4 saturated carbocycles. The van der Waals surface area contributed by atoms with E-state index >= 15 is 0 Å². The average molecular weight is 655 g/mol. The molecule has 0 radical (unpaired) electrons. The number of Topliss-reactive ketones (excluding diaryl/α,β-unsaturated/α-hetero) is 1. The van der Waals surface area contributed by atoms with E-state index in [4.69, 9.17) is 5.11 Å². The van der Waals surface area contributed by atoms with Crippen LogP contribution in [0.4, 0.5) is 0 Å². The van der Waals surface area contributed by atoms with Gasteiger partial charge in [-0.1, -0.05) is 143 Å². The molecule has 0 aliphatic heterocycles. The molecule has 0 heterocycles. The third kappa shape index (κ3) is 8.66. The fourth-order valence-corrected chi connectivity index (χ4v) is 8.13. The first kappa shape index (κ1) is 45.6. The third-order valence-corrected chi connectivity index (χ3v) is 11.8. The number of hydrogen-bond acceptors (Lipinski definition) is 3. The Bertz CT molecular complexity index is 1320. The molecular formula is C42H68BNaO3. The molecule has 0 amide bonds. The standard InChI is InChI=1S/C18H24O.C18H22O.C2H6O.2C2H6.BH4.Na/c2*1-12-5-7-13(8-6-12)11-14-15-9-10-18(4,16(14)19)17(15,2)3;1-2-3;2*1-2;;/h5-8,11,15-16,19H,9-10H2,1-4H3;5-8,11,15H,9-10H2,1-4H3;3H,2H2,1H3;2*1-2H3;1H4;/q;;;;;-1;+1/b2*14-11+;;;;;. The van der Waals surface area contributed by atoms with Crippen LogP contribution in [0.5, 0.6) is 0 Å². The van der Waals surface area contributed by atoms with Gasteiger partial charge in [-0.05, 0) is 97.5 Å². The molecule has 3 nitrogen and oxygen atoms in total. The number of carbonyl (C=O) groups is 1. The van der Waals surface area contributed by atoms with E-state index < -0.39 is 0 Å². The molecular weight excluding hydrogens is 586 g/mol. The second-order valence-corrected chi connectivity index (χ2v) is 14.5. The summed E-state index contributed by atoms with van der Waals surface area (Å²) in [5.41, 5.74) is 7.45. The Morgan fingerprint density at radius 3 is 1.49 bits per heavy atom. The molecule has 5 unspecified atom stereocenters. The Morgan fingerprint density at radius 2 is 1.13 bits per heavy atom. The van der Waals surface area contributed by atoms with Gasteiger partial charge < -0.3 is 10.2 Å². The van der Waals surface area contributed by atoms with Crippen LogP contribution in [-0.2, 0) is 4.79 Å². The second kappa shape index (κ2) is 18.5. The average Bonchev–Trinajstić information content (AvgIpc) is 3.51. The third-order valence-electron chi connectivity index (χ3n) is 11.8. The quantitative estimate of drug-likeness (QED) is 0.300. The molecule has 4 bridgehead atoms. The van der Waals surface area contributed by atoms with Crippen molar-refractivity contribution in [2.75, 3.05) is 6.61 Å². The fourth-order valence-electron chi connectivity index (χ4n) is 8.13. The van der Waals surface area contributed by atoms with Crippen LogP contribution in [0, 0.1) is 47.3 Å². The first-order valence-electron chi connectivity index (χ1n) is 17.5. The molecule has 0 spiro atoms. The summed E-state index contributed by atoms with van der Waals surface area (Å²) in [5, 5.41) is 18.3. The summed E-state index contributed by atoms with van der Waals surface area (Å²) in [7, 11) is 0. The molecule has 258 valence electrons. The van der Waals surface area contributed by atoms with Crippen molar-refractivity contribution in [2.24, 2.45) is 33.5 Å². The molecule has 2 aromatic rings. The number of allylic oxidation sites excluding steroid dienone is 1. The largest absolute Gasteiger partial charge is 1.00 e.